The topological polar surface area (TPSA) is 171 Å². The summed E-state index contributed by atoms with van der Waals surface area (Å²) in [6.07, 6.45) is 0.347. The van der Waals surface area contributed by atoms with E-state index in [1.807, 2.05) is 4.90 Å². The Morgan fingerprint density at radius 2 is 1.86 bits per heavy atom. The van der Waals surface area contributed by atoms with E-state index in [2.05, 4.69) is 0 Å². The summed E-state index contributed by atoms with van der Waals surface area (Å²) < 4.78 is 10.4. The number of rotatable bonds is 5. The molecule has 0 radical (unpaired) electrons. The van der Waals surface area contributed by atoms with E-state index >= 15 is 0 Å². The maximum absolute atomic E-state index is 12.6. The normalized spacial score (nSPS) is 28.3. The van der Waals surface area contributed by atoms with E-state index in [4.69, 9.17) is 14.3 Å². The molecule has 0 saturated carbocycles. The fraction of sp³-hybridized carbons (Fsp3) is 0.529. The van der Waals surface area contributed by atoms with Crippen molar-refractivity contribution in [3.63, 3.8) is 0 Å². The highest BCUT2D eigenvalue weighted by atomic mass is 17.0. The second-order valence-electron chi connectivity index (χ2n) is 6.51. The summed E-state index contributed by atoms with van der Waals surface area (Å²) in [5.74, 6) is -1.59. The van der Waals surface area contributed by atoms with E-state index in [9.17, 15) is 19.7 Å². The van der Waals surface area contributed by atoms with Gasteiger partial charge in [-0.3, -0.25) is 9.74 Å². The molecule has 1 aromatic rings. The Morgan fingerprint density at radius 1 is 1.21 bits per heavy atom. The Hall–Kier alpha value is -2.76. The van der Waals surface area contributed by atoms with Crippen molar-refractivity contribution in [2.75, 3.05) is 14.2 Å². The number of piperidine rings is 1. The Morgan fingerprint density at radius 3 is 2.43 bits per heavy atom. The molecule has 3 rings (SSSR count). The molecule has 2 heterocycles. The smallest absolute Gasteiger partial charge is 0.343 e. The molecular weight excluding hydrogens is 376 g/mol. The van der Waals surface area contributed by atoms with Crippen LogP contribution in [0.15, 0.2) is 30.3 Å². The van der Waals surface area contributed by atoms with Crippen molar-refractivity contribution >= 4 is 11.9 Å². The minimum Gasteiger partial charge on any atom is -0.467 e. The lowest BCUT2D eigenvalue weighted by molar-refractivity contribution is -0.781. The number of methoxy groups -OCH3 is 1. The maximum atomic E-state index is 12.6. The molecule has 2 aliphatic rings. The molecule has 4 atom stereocenters. The molecule has 11 heteroatoms. The SMILES string of the molecule is COC(=O)[C@]1(O[N+](=O)[O-])[C@@H](OC(=O)c2ccccc2)C[C@H]2CC[C@@H]1N2C.O.O. The van der Waals surface area contributed by atoms with Crippen LogP contribution in [0, 0.1) is 10.1 Å². The molecule has 0 amide bonds. The van der Waals surface area contributed by atoms with Crippen molar-refractivity contribution in [1.82, 2.24) is 4.90 Å². The third-order valence-corrected chi connectivity index (χ3v) is 5.29. The van der Waals surface area contributed by atoms with Crippen molar-refractivity contribution in [3.05, 3.63) is 46.0 Å². The van der Waals surface area contributed by atoms with Gasteiger partial charge in [0.1, 0.15) is 6.10 Å². The van der Waals surface area contributed by atoms with Gasteiger partial charge in [-0.1, -0.05) is 18.2 Å². The third-order valence-electron chi connectivity index (χ3n) is 5.29. The van der Waals surface area contributed by atoms with E-state index in [0.29, 0.717) is 12.0 Å². The van der Waals surface area contributed by atoms with Crippen LogP contribution in [-0.4, -0.2) is 70.8 Å². The first kappa shape index (κ1) is 23.3. The molecule has 2 bridgehead atoms. The molecule has 1 aromatic carbocycles. The second kappa shape index (κ2) is 8.95. The Labute approximate surface area is 160 Å². The van der Waals surface area contributed by atoms with Crippen LogP contribution in [-0.2, 0) is 19.1 Å². The minimum absolute atomic E-state index is 0. The number of esters is 2. The highest BCUT2D eigenvalue weighted by Crippen LogP contribution is 2.45. The van der Waals surface area contributed by atoms with Gasteiger partial charge in [0.25, 0.3) is 10.7 Å². The molecule has 0 spiro atoms. The van der Waals surface area contributed by atoms with E-state index < -0.39 is 34.8 Å². The number of likely N-dealkylation sites (N-methyl/N-ethyl adjacent to an activating group) is 1. The quantitative estimate of drug-likeness (QED) is 0.363. The predicted molar refractivity (Wildman–Crippen MR) is 94.9 cm³/mol. The number of hydrogen-bond acceptors (Lipinski definition) is 8. The van der Waals surface area contributed by atoms with E-state index in [0.717, 1.165) is 13.5 Å². The van der Waals surface area contributed by atoms with Crippen molar-refractivity contribution in [2.45, 2.75) is 43.1 Å². The minimum atomic E-state index is -2.01. The lowest BCUT2D eigenvalue weighted by Crippen LogP contribution is -2.69. The average Bonchev–Trinajstić information content (AvgIpc) is 2.91. The molecule has 2 saturated heterocycles. The molecule has 28 heavy (non-hydrogen) atoms. The van der Waals surface area contributed by atoms with Gasteiger partial charge in [-0.2, -0.15) is 0 Å². The predicted octanol–water partition coefficient (Wildman–Crippen LogP) is -0.451. The van der Waals surface area contributed by atoms with Gasteiger partial charge in [-0.05, 0) is 32.0 Å². The molecule has 0 aromatic heterocycles. The Balaban J connectivity index is 0.00000196. The number of nitrogens with zero attached hydrogens (tertiary/aromatic N) is 2. The Bertz CT molecular complexity index is 714. The van der Waals surface area contributed by atoms with Crippen molar-refractivity contribution in [1.29, 1.82) is 0 Å². The first-order valence-electron chi connectivity index (χ1n) is 8.30. The molecule has 156 valence electrons. The molecule has 4 N–H and O–H groups in total. The number of fused-ring (bicyclic) bond motifs is 2. The average molecular weight is 400 g/mol. The van der Waals surface area contributed by atoms with Gasteiger partial charge < -0.3 is 20.4 Å². The van der Waals surface area contributed by atoms with Crippen LogP contribution in [0.2, 0.25) is 0 Å². The van der Waals surface area contributed by atoms with Crippen LogP contribution >= 0.6 is 0 Å². The molecular formula is C17H24N2O9. The summed E-state index contributed by atoms with van der Waals surface area (Å²) in [6.45, 7) is 0. The van der Waals surface area contributed by atoms with Crippen LogP contribution < -0.4 is 0 Å². The summed E-state index contributed by atoms with van der Waals surface area (Å²) in [5, 5.41) is 10.2. The highest BCUT2D eigenvalue weighted by Gasteiger charge is 2.65. The summed E-state index contributed by atoms with van der Waals surface area (Å²) in [7, 11) is 2.91. The summed E-state index contributed by atoms with van der Waals surface area (Å²) in [5.41, 5.74) is -1.72. The molecule has 2 aliphatic heterocycles. The molecule has 11 nitrogen and oxygen atoms in total. The van der Waals surface area contributed by atoms with Gasteiger partial charge in [-0.25, -0.2) is 9.59 Å². The van der Waals surface area contributed by atoms with E-state index in [-0.39, 0.29) is 23.4 Å². The summed E-state index contributed by atoms with van der Waals surface area (Å²) in [4.78, 5) is 43.1. The van der Waals surface area contributed by atoms with E-state index in [1.165, 1.54) is 0 Å². The summed E-state index contributed by atoms with van der Waals surface area (Å²) >= 11 is 0. The fourth-order valence-electron chi connectivity index (χ4n) is 4.06. The zero-order valence-corrected chi connectivity index (χ0v) is 15.5. The standard InChI is InChI=1S/C17H20N2O7.2H2O/c1-18-12-8-9-13(18)17(16(21)24-2,26-19(22)23)14(10-12)25-15(20)11-6-4-3-5-7-11;;/h3-7,12-14H,8-10H2,1-2H3;2*1H2/t12-,13+,14+,17-;;/m1../s1. The highest BCUT2D eigenvalue weighted by molar-refractivity contribution is 5.90. The number of carbonyl (C=O) groups excluding carboxylic acids is 2. The zero-order chi connectivity index (χ0) is 18.9. The van der Waals surface area contributed by atoms with E-state index in [1.54, 1.807) is 37.4 Å². The molecule has 0 aliphatic carbocycles. The number of hydrogen-bond donors (Lipinski definition) is 0. The van der Waals surface area contributed by atoms with Crippen molar-refractivity contribution < 1.29 is 39.9 Å². The number of benzene rings is 1. The monoisotopic (exact) mass is 400 g/mol. The Kier molecular flexibility index (Phi) is 7.44. The largest absolute Gasteiger partial charge is 0.467 e. The zero-order valence-electron chi connectivity index (χ0n) is 15.5. The summed E-state index contributed by atoms with van der Waals surface area (Å²) in [6, 6.07) is 7.67. The van der Waals surface area contributed by atoms with Crippen LogP contribution in [0.25, 0.3) is 0 Å². The second-order valence-corrected chi connectivity index (χ2v) is 6.51. The first-order chi connectivity index (χ1) is 12.4. The van der Waals surface area contributed by atoms with Crippen LogP contribution in [0.5, 0.6) is 0 Å². The van der Waals surface area contributed by atoms with Crippen molar-refractivity contribution in [3.8, 4) is 0 Å². The van der Waals surface area contributed by atoms with Gasteiger partial charge in [-0.15, -0.1) is 10.1 Å². The van der Waals surface area contributed by atoms with Crippen LogP contribution in [0.3, 0.4) is 0 Å². The van der Waals surface area contributed by atoms with Gasteiger partial charge in [0.15, 0.2) is 0 Å². The number of carbonyl (C=O) groups is 2. The molecule has 2 fully saturated rings. The lowest BCUT2D eigenvalue weighted by Gasteiger charge is -2.47. The molecule has 0 unspecified atom stereocenters. The maximum Gasteiger partial charge on any atom is 0.343 e. The van der Waals surface area contributed by atoms with Gasteiger partial charge >= 0.3 is 11.9 Å². The third kappa shape index (κ3) is 3.77. The lowest BCUT2D eigenvalue weighted by atomic mass is 9.82. The van der Waals surface area contributed by atoms with Gasteiger partial charge in [0.2, 0.25) is 0 Å². The fourth-order valence-corrected chi connectivity index (χ4v) is 4.06. The first-order valence-corrected chi connectivity index (χ1v) is 8.30. The number of ether oxygens (including phenoxy) is 2. The van der Waals surface area contributed by atoms with Gasteiger partial charge in [0.05, 0.1) is 18.7 Å². The van der Waals surface area contributed by atoms with Gasteiger partial charge in [0, 0.05) is 12.5 Å². The van der Waals surface area contributed by atoms with Crippen LogP contribution in [0.1, 0.15) is 29.6 Å². The van der Waals surface area contributed by atoms with Crippen molar-refractivity contribution in [2.24, 2.45) is 0 Å². The van der Waals surface area contributed by atoms with Crippen LogP contribution in [0.4, 0.5) is 0 Å².